The Labute approximate surface area is 148 Å². The van der Waals surface area contributed by atoms with E-state index >= 15 is 0 Å². The summed E-state index contributed by atoms with van der Waals surface area (Å²) >= 11 is 0. The Kier molecular flexibility index (Phi) is 5.02. The SMILES string of the molecule is CC(C)c1ccc(C(=O)N2CCC3(CC2)OCCC[C@H]3O)c(=O)n1C. The summed E-state index contributed by atoms with van der Waals surface area (Å²) in [6.45, 7) is 5.73. The monoisotopic (exact) mass is 348 g/mol. The lowest BCUT2D eigenvalue weighted by Gasteiger charge is -2.46. The van der Waals surface area contributed by atoms with Gasteiger partial charge in [-0.15, -0.1) is 0 Å². The third-order valence-electron chi connectivity index (χ3n) is 5.68. The van der Waals surface area contributed by atoms with Gasteiger partial charge in [0.25, 0.3) is 11.5 Å². The molecule has 2 aliphatic heterocycles. The fraction of sp³-hybridized carbons (Fsp3) is 0.684. The number of aliphatic hydroxyl groups excluding tert-OH is 1. The number of nitrogens with zero attached hydrogens (tertiary/aromatic N) is 2. The number of carbonyl (C=O) groups is 1. The van der Waals surface area contributed by atoms with Gasteiger partial charge in [0.05, 0.1) is 11.7 Å². The maximum atomic E-state index is 12.8. The van der Waals surface area contributed by atoms with E-state index in [4.69, 9.17) is 4.74 Å². The van der Waals surface area contributed by atoms with Crippen molar-refractivity contribution in [3.63, 3.8) is 0 Å². The molecule has 0 saturated carbocycles. The smallest absolute Gasteiger partial charge is 0.263 e. The molecule has 3 rings (SSSR count). The van der Waals surface area contributed by atoms with Crippen molar-refractivity contribution in [1.29, 1.82) is 0 Å². The summed E-state index contributed by atoms with van der Waals surface area (Å²) in [6, 6.07) is 3.51. The quantitative estimate of drug-likeness (QED) is 0.882. The normalized spacial score (nSPS) is 23.2. The standard InChI is InChI=1S/C19H28N2O4/c1-13(2)15-7-6-14(17(23)20(15)3)18(24)21-10-8-19(9-11-21)16(22)5-4-12-25-19/h6-7,13,16,22H,4-5,8-12H2,1-3H3/t16-/m1/s1. The summed E-state index contributed by atoms with van der Waals surface area (Å²) in [4.78, 5) is 27.1. The number of rotatable bonds is 2. The summed E-state index contributed by atoms with van der Waals surface area (Å²) in [7, 11) is 1.71. The van der Waals surface area contributed by atoms with E-state index in [1.54, 1.807) is 22.6 Å². The molecular weight excluding hydrogens is 320 g/mol. The zero-order chi connectivity index (χ0) is 18.2. The third kappa shape index (κ3) is 3.25. The van der Waals surface area contributed by atoms with Gasteiger partial charge < -0.3 is 19.3 Å². The molecule has 1 atom stereocenters. The minimum absolute atomic E-state index is 0.216. The van der Waals surface area contributed by atoms with Gasteiger partial charge >= 0.3 is 0 Å². The van der Waals surface area contributed by atoms with E-state index in [0.29, 0.717) is 32.5 Å². The Morgan fingerprint density at radius 1 is 1.32 bits per heavy atom. The number of ether oxygens (including phenoxy) is 1. The molecule has 25 heavy (non-hydrogen) atoms. The Morgan fingerprint density at radius 2 is 2.00 bits per heavy atom. The molecular formula is C19H28N2O4. The topological polar surface area (TPSA) is 71.8 Å². The molecule has 3 heterocycles. The first-order valence-corrected chi connectivity index (χ1v) is 9.17. The number of hydrogen-bond acceptors (Lipinski definition) is 4. The van der Waals surface area contributed by atoms with Gasteiger partial charge in [0.15, 0.2) is 0 Å². The molecule has 0 radical (unpaired) electrons. The van der Waals surface area contributed by atoms with Crippen LogP contribution in [0.25, 0.3) is 0 Å². The number of amides is 1. The van der Waals surface area contributed by atoms with Crippen molar-refractivity contribution in [2.45, 2.75) is 57.2 Å². The van der Waals surface area contributed by atoms with E-state index in [1.165, 1.54) is 0 Å². The summed E-state index contributed by atoms with van der Waals surface area (Å²) in [6.07, 6.45) is 2.40. The van der Waals surface area contributed by atoms with E-state index in [1.807, 2.05) is 19.9 Å². The van der Waals surface area contributed by atoms with Crippen LogP contribution in [-0.2, 0) is 11.8 Å². The molecule has 1 amide bonds. The van der Waals surface area contributed by atoms with Gasteiger partial charge in [-0.25, -0.2) is 0 Å². The van der Waals surface area contributed by atoms with Crippen LogP contribution in [0.1, 0.15) is 61.5 Å². The van der Waals surface area contributed by atoms with Crippen molar-refractivity contribution in [1.82, 2.24) is 9.47 Å². The largest absolute Gasteiger partial charge is 0.390 e. The van der Waals surface area contributed by atoms with Crippen molar-refractivity contribution in [2.75, 3.05) is 19.7 Å². The van der Waals surface area contributed by atoms with Crippen LogP contribution in [0.2, 0.25) is 0 Å². The van der Waals surface area contributed by atoms with Crippen molar-refractivity contribution < 1.29 is 14.6 Å². The second kappa shape index (κ2) is 6.92. The van der Waals surface area contributed by atoms with Gasteiger partial charge in [0.2, 0.25) is 0 Å². The molecule has 6 nitrogen and oxygen atoms in total. The van der Waals surface area contributed by atoms with E-state index in [-0.39, 0.29) is 22.9 Å². The van der Waals surface area contributed by atoms with E-state index in [0.717, 1.165) is 18.5 Å². The molecule has 1 aromatic heterocycles. The molecule has 138 valence electrons. The van der Waals surface area contributed by atoms with Crippen LogP contribution in [0, 0.1) is 0 Å². The maximum Gasteiger partial charge on any atom is 0.263 e. The van der Waals surface area contributed by atoms with Crippen LogP contribution in [0.4, 0.5) is 0 Å². The van der Waals surface area contributed by atoms with Crippen molar-refractivity contribution in [3.05, 3.63) is 33.7 Å². The van der Waals surface area contributed by atoms with Gasteiger partial charge in [0, 0.05) is 32.4 Å². The Morgan fingerprint density at radius 3 is 2.60 bits per heavy atom. The van der Waals surface area contributed by atoms with E-state index < -0.39 is 11.7 Å². The first-order chi connectivity index (χ1) is 11.9. The predicted molar refractivity (Wildman–Crippen MR) is 94.8 cm³/mol. The minimum atomic E-state index is -0.512. The highest BCUT2D eigenvalue weighted by molar-refractivity contribution is 5.94. The second-order valence-electron chi connectivity index (χ2n) is 7.55. The van der Waals surface area contributed by atoms with Crippen molar-refractivity contribution >= 4 is 5.91 Å². The van der Waals surface area contributed by atoms with Gasteiger partial charge in [-0.05, 0) is 43.7 Å². The zero-order valence-electron chi connectivity index (χ0n) is 15.3. The average molecular weight is 348 g/mol. The summed E-state index contributed by atoms with van der Waals surface area (Å²) in [5.74, 6) is -0.00214. The van der Waals surface area contributed by atoms with Crippen molar-refractivity contribution in [2.24, 2.45) is 7.05 Å². The first-order valence-electron chi connectivity index (χ1n) is 9.17. The van der Waals surface area contributed by atoms with Crippen molar-refractivity contribution in [3.8, 4) is 0 Å². The number of aromatic nitrogens is 1. The van der Waals surface area contributed by atoms with Crippen LogP contribution in [0.5, 0.6) is 0 Å². The molecule has 1 spiro atoms. The second-order valence-corrected chi connectivity index (χ2v) is 7.55. The summed E-state index contributed by atoms with van der Waals surface area (Å²) < 4.78 is 7.45. The van der Waals surface area contributed by atoms with E-state index in [2.05, 4.69) is 0 Å². The Bertz CT molecular complexity index is 702. The van der Waals surface area contributed by atoms with Crippen LogP contribution in [0.3, 0.4) is 0 Å². The molecule has 0 aliphatic carbocycles. The highest BCUT2D eigenvalue weighted by Crippen LogP contribution is 2.35. The molecule has 6 heteroatoms. The number of piperidine rings is 1. The molecule has 0 unspecified atom stereocenters. The van der Waals surface area contributed by atoms with Crippen LogP contribution < -0.4 is 5.56 Å². The minimum Gasteiger partial charge on any atom is -0.390 e. The molecule has 1 N–H and O–H groups in total. The van der Waals surface area contributed by atoms with Gasteiger partial charge in [-0.3, -0.25) is 9.59 Å². The van der Waals surface area contributed by atoms with Gasteiger partial charge in [-0.2, -0.15) is 0 Å². The number of likely N-dealkylation sites (tertiary alicyclic amines) is 1. The number of aliphatic hydroxyl groups is 1. The fourth-order valence-electron chi connectivity index (χ4n) is 4.04. The summed E-state index contributed by atoms with van der Waals surface area (Å²) in [5.41, 5.74) is 0.373. The lowest BCUT2D eigenvalue weighted by molar-refractivity contribution is -0.174. The molecule has 2 fully saturated rings. The Balaban J connectivity index is 1.75. The third-order valence-corrected chi connectivity index (χ3v) is 5.68. The molecule has 2 saturated heterocycles. The number of carbonyl (C=O) groups excluding carboxylic acids is 1. The fourth-order valence-corrected chi connectivity index (χ4v) is 4.04. The zero-order valence-corrected chi connectivity index (χ0v) is 15.3. The Hall–Kier alpha value is -1.66. The first kappa shape index (κ1) is 18.1. The highest BCUT2D eigenvalue weighted by Gasteiger charge is 2.44. The summed E-state index contributed by atoms with van der Waals surface area (Å²) in [5, 5.41) is 10.3. The molecule has 2 aliphatic rings. The molecule has 0 bridgehead atoms. The lowest BCUT2D eigenvalue weighted by Crippen LogP contribution is -2.56. The average Bonchev–Trinajstić information content (AvgIpc) is 2.60. The number of hydrogen-bond donors (Lipinski definition) is 1. The van der Waals surface area contributed by atoms with Gasteiger partial charge in [-0.1, -0.05) is 13.8 Å². The molecule has 0 aromatic carbocycles. The van der Waals surface area contributed by atoms with E-state index in [9.17, 15) is 14.7 Å². The maximum absolute atomic E-state index is 12.8. The predicted octanol–water partition coefficient (Wildman–Crippen LogP) is 1.65. The highest BCUT2D eigenvalue weighted by atomic mass is 16.5. The van der Waals surface area contributed by atoms with Crippen LogP contribution >= 0.6 is 0 Å². The van der Waals surface area contributed by atoms with Crippen LogP contribution in [0.15, 0.2) is 16.9 Å². The number of pyridine rings is 1. The molecule has 1 aromatic rings. The van der Waals surface area contributed by atoms with Crippen LogP contribution in [-0.4, -0.2) is 51.9 Å². The lowest BCUT2D eigenvalue weighted by atomic mass is 9.82. The van der Waals surface area contributed by atoms with Gasteiger partial charge in [0.1, 0.15) is 5.56 Å².